The zero-order valence-corrected chi connectivity index (χ0v) is 24.4. The highest BCUT2D eigenvalue weighted by Gasteiger charge is 2.48. The van der Waals surface area contributed by atoms with E-state index in [4.69, 9.17) is 13.3 Å². The summed E-state index contributed by atoms with van der Waals surface area (Å²) in [6.07, 6.45) is 4.73. The molecule has 0 saturated carbocycles. The van der Waals surface area contributed by atoms with Crippen LogP contribution in [0.1, 0.15) is 41.5 Å². The molecular formula is C20H34F6N2O7S2Si. The monoisotopic (exact) mass is 620 g/mol. The van der Waals surface area contributed by atoms with Gasteiger partial charge in [0.25, 0.3) is 0 Å². The Labute approximate surface area is 220 Å². The van der Waals surface area contributed by atoms with E-state index in [9.17, 15) is 43.2 Å². The largest absolute Gasteiger partial charge is 0.570 e. The molecule has 0 spiro atoms. The van der Waals surface area contributed by atoms with Gasteiger partial charge in [0, 0.05) is 32.0 Å². The number of alkyl halides is 6. The van der Waals surface area contributed by atoms with Gasteiger partial charge < -0.3 is 17.4 Å². The second kappa shape index (κ2) is 14.9. The van der Waals surface area contributed by atoms with Crippen LogP contribution in [-0.4, -0.2) is 56.5 Å². The van der Waals surface area contributed by atoms with Crippen LogP contribution in [0, 0.1) is 17.8 Å². The fourth-order valence-electron chi connectivity index (χ4n) is 2.12. The minimum atomic E-state index is -6.72. The summed E-state index contributed by atoms with van der Waals surface area (Å²) in [6, 6.07) is 6.05. The van der Waals surface area contributed by atoms with Gasteiger partial charge in [0.1, 0.15) is 0 Å². The Hall–Kier alpha value is -1.31. The minimum Gasteiger partial charge on any atom is -0.421 e. The van der Waals surface area contributed by atoms with Gasteiger partial charge in [-0.25, -0.2) is 21.4 Å². The van der Waals surface area contributed by atoms with Crippen molar-refractivity contribution in [3.8, 4) is 0 Å². The molecule has 38 heavy (non-hydrogen) atoms. The smallest absolute Gasteiger partial charge is 0.421 e. The first-order valence-corrected chi connectivity index (χ1v) is 16.1. The first kappa shape index (κ1) is 36.7. The van der Waals surface area contributed by atoms with Crippen LogP contribution in [0.5, 0.6) is 0 Å². The molecule has 0 N–H and O–H groups in total. The number of aromatic nitrogens is 1. The molecule has 9 nitrogen and oxygen atoms in total. The van der Waals surface area contributed by atoms with Crippen molar-refractivity contribution in [3.05, 3.63) is 34.7 Å². The van der Waals surface area contributed by atoms with Crippen LogP contribution in [0.2, 0.25) is 0 Å². The van der Waals surface area contributed by atoms with Crippen molar-refractivity contribution in [2.24, 2.45) is 17.8 Å². The molecule has 18 heteroatoms. The van der Waals surface area contributed by atoms with Crippen molar-refractivity contribution >= 4 is 28.9 Å². The topological polar surface area (TPSA) is 114 Å². The highest BCUT2D eigenvalue weighted by molar-refractivity contribution is 8.13. The first-order valence-electron chi connectivity index (χ1n) is 11.3. The van der Waals surface area contributed by atoms with E-state index in [1.165, 1.54) is 0 Å². The predicted octanol–water partition coefficient (Wildman–Crippen LogP) is 4.53. The Morgan fingerprint density at radius 3 is 1.26 bits per heavy atom. The molecule has 0 unspecified atom stereocenters. The summed E-state index contributed by atoms with van der Waals surface area (Å²) in [5.74, 6) is 1.36. The summed E-state index contributed by atoms with van der Waals surface area (Å²) in [5.41, 5.74) is -12.4. The molecule has 224 valence electrons. The van der Waals surface area contributed by atoms with Gasteiger partial charge >= 0.3 is 19.8 Å². The third kappa shape index (κ3) is 13.7. The van der Waals surface area contributed by atoms with Gasteiger partial charge in [0.15, 0.2) is 32.4 Å². The van der Waals surface area contributed by atoms with Gasteiger partial charge in [-0.15, -0.1) is 0 Å². The Morgan fingerprint density at radius 1 is 0.684 bits per heavy atom. The minimum absolute atomic E-state index is 0.452. The SMILES string of the molecule is CC(C)CO[Si](C[n+]1ccccc1)(OCC(C)C)OCC(C)C.O=S(=O)([N-]S(=O)(=O)C(F)(F)F)C(F)(F)F. The fraction of sp³-hybridized carbons (Fsp3) is 0.750. The van der Waals surface area contributed by atoms with E-state index in [0.29, 0.717) is 43.7 Å². The number of hydrogen-bond donors (Lipinski definition) is 0. The lowest BCUT2D eigenvalue weighted by atomic mass is 10.2. The van der Waals surface area contributed by atoms with Gasteiger partial charge in [-0.3, -0.25) is 0 Å². The molecule has 0 atom stereocenters. The van der Waals surface area contributed by atoms with Gasteiger partial charge in [-0.05, 0) is 17.8 Å². The maximum Gasteiger partial charge on any atom is 0.570 e. The lowest BCUT2D eigenvalue weighted by molar-refractivity contribution is -0.685. The standard InChI is InChI=1S/C18H34NO3Si.C2F6NO4S2/c1-16(2)12-20-23(21-13-17(3)4,22-14-18(5)6)15-19-10-8-7-9-11-19;3-1(4,5)14(10,11)9-15(12,13)2(6,7)8/h7-11,16-18H,12-15H2,1-6H3;/q+1;-1. The molecule has 1 aromatic heterocycles. The average molecular weight is 621 g/mol. The van der Waals surface area contributed by atoms with Crippen LogP contribution >= 0.6 is 0 Å². The van der Waals surface area contributed by atoms with Crippen molar-refractivity contribution in [1.29, 1.82) is 0 Å². The van der Waals surface area contributed by atoms with Crippen LogP contribution in [0.3, 0.4) is 0 Å². The van der Waals surface area contributed by atoms with Crippen molar-refractivity contribution in [2.45, 2.75) is 58.7 Å². The summed E-state index contributed by atoms with van der Waals surface area (Å²) in [7, 11) is -16.2. The van der Waals surface area contributed by atoms with Crippen LogP contribution in [-0.2, 0) is 39.5 Å². The van der Waals surface area contributed by atoms with Gasteiger partial charge in [0.2, 0.25) is 6.17 Å². The first-order chi connectivity index (χ1) is 17.0. The summed E-state index contributed by atoms with van der Waals surface area (Å²) < 4.78 is 130. The molecule has 0 saturated heterocycles. The summed E-state index contributed by atoms with van der Waals surface area (Å²) in [6.45, 7) is 14.9. The predicted molar refractivity (Wildman–Crippen MR) is 128 cm³/mol. The number of rotatable bonds is 13. The fourth-order valence-corrected chi connectivity index (χ4v) is 6.77. The molecule has 1 aromatic rings. The highest BCUT2D eigenvalue weighted by Crippen LogP contribution is 2.36. The molecule has 0 aliphatic rings. The molecule has 0 aliphatic heterocycles. The Bertz CT molecular complexity index is 963. The molecule has 0 radical (unpaired) electrons. The third-order valence-electron chi connectivity index (χ3n) is 3.84. The van der Waals surface area contributed by atoms with Gasteiger partial charge in [-0.2, -0.15) is 26.3 Å². The molecule has 1 heterocycles. The number of halogens is 6. The van der Waals surface area contributed by atoms with E-state index in [-0.39, 0.29) is 0 Å². The zero-order chi connectivity index (χ0) is 30.0. The van der Waals surface area contributed by atoms with Gasteiger partial charge in [-0.1, -0.05) is 47.6 Å². The molecule has 0 amide bonds. The van der Waals surface area contributed by atoms with E-state index < -0.39 is 39.9 Å². The van der Waals surface area contributed by atoms with Crippen molar-refractivity contribution in [3.63, 3.8) is 0 Å². The number of hydrogen-bond acceptors (Lipinski definition) is 7. The summed E-state index contributed by atoms with van der Waals surface area (Å²) >= 11 is 0. The van der Waals surface area contributed by atoms with Crippen LogP contribution in [0.15, 0.2) is 30.6 Å². The average Bonchev–Trinajstić information content (AvgIpc) is 2.73. The summed E-state index contributed by atoms with van der Waals surface area (Å²) in [5, 5.41) is 0. The van der Waals surface area contributed by atoms with Crippen LogP contribution in [0.25, 0.3) is 4.13 Å². The van der Waals surface area contributed by atoms with E-state index >= 15 is 0 Å². The van der Waals surface area contributed by atoms with Gasteiger partial charge in [0.05, 0.1) is 0 Å². The van der Waals surface area contributed by atoms with E-state index in [1.807, 2.05) is 30.6 Å². The van der Waals surface area contributed by atoms with Crippen LogP contribution < -0.4 is 4.57 Å². The van der Waals surface area contributed by atoms with E-state index in [2.05, 4.69) is 46.1 Å². The number of pyridine rings is 1. The Balaban J connectivity index is 0.000000793. The maximum atomic E-state index is 11.4. The maximum absolute atomic E-state index is 11.4. The Morgan fingerprint density at radius 2 is 1.00 bits per heavy atom. The molecule has 1 rings (SSSR count). The zero-order valence-electron chi connectivity index (χ0n) is 21.8. The second-order valence-corrected chi connectivity index (χ2v) is 15.2. The molecular weight excluding hydrogens is 586 g/mol. The van der Waals surface area contributed by atoms with E-state index in [1.54, 1.807) is 0 Å². The van der Waals surface area contributed by atoms with E-state index in [0.717, 1.165) is 4.13 Å². The lowest BCUT2D eigenvalue weighted by Crippen LogP contribution is -2.59. The lowest BCUT2D eigenvalue weighted by Gasteiger charge is -2.29. The third-order valence-corrected chi connectivity index (χ3v) is 9.16. The van der Waals surface area contributed by atoms with Crippen LogP contribution in [0.4, 0.5) is 26.3 Å². The number of sulfonamides is 2. The van der Waals surface area contributed by atoms with Crippen molar-refractivity contribution in [2.75, 3.05) is 19.8 Å². The quantitative estimate of drug-likeness (QED) is 0.181. The second-order valence-electron chi connectivity index (χ2n) is 9.26. The highest BCUT2D eigenvalue weighted by atomic mass is 32.3. The molecule has 0 fully saturated rings. The Kier molecular flexibility index (Phi) is 14.4. The molecule has 0 aliphatic carbocycles. The number of nitrogens with zero attached hydrogens (tertiary/aromatic N) is 2. The van der Waals surface area contributed by atoms with Crippen molar-refractivity contribution in [1.82, 2.24) is 0 Å². The molecule has 0 aromatic carbocycles. The molecule has 0 bridgehead atoms. The normalized spacial score (nSPS) is 13.7. The summed E-state index contributed by atoms with van der Waals surface area (Å²) in [4.78, 5) is 0. The van der Waals surface area contributed by atoms with Crippen molar-refractivity contribution < 1.29 is 61.0 Å².